The van der Waals surface area contributed by atoms with E-state index in [0.717, 1.165) is 0 Å². The largest absolute Gasteiger partial charge is 0.466 e. The van der Waals surface area contributed by atoms with Crippen LogP contribution in [0.2, 0.25) is 0 Å². The second kappa shape index (κ2) is 6.78. The number of fused-ring (bicyclic) bond motifs is 1. The van der Waals surface area contributed by atoms with E-state index in [0.29, 0.717) is 17.5 Å². The first-order valence-corrected chi connectivity index (χ1v) is 6.74. The molecule has 21 heavy (non-hydrogen) atoms. The molecule has 2 aromatic rings. The van der Waals surface area contributed by atoms with Crippen molar-refractivity contribution in [2.24, 2.45) is 0 Å². The summed E-state index contributed by atoms with van der Waals surface area (Å²) in [7, 11) is 0. The van der Waals surface area contributed by atoms with Crippen molar-refractivity contribution in [1.29, 1.82) is 0 Å². The van der Waals surface area contributed by atoms with E-state index in [2.05, 4.69) is 5.10 Å². The van der Waals surface area contributed by atoms with Crippen LogP contribution in [0.25, 0.3) is 10.9 Å². The second-order valence-electron chi connectivity index (χ2n) is 4.53. The van der Waals surface area contributed by atoms with Crippen molar-refractivity contribution in [3.05, 3.63) is 40.7 Å². The molecule has 2 rings (SSSR count). The van der Waals surface area contributed by atoms with Crippen LogP contribution in [0.1, 0.15) is 19.8 Å². The van der Waals surface area contributed by atoms with Crippen LogP contribution in [0.5, 0.6) is 0 Å². The molecule has 6 heteroatoms. The number of carbonyl (C=O) groups is 2. The van der Waals surface area contributed by atoms with Gasteiger partial charge in [-0.25, -0.2) is 0 Å². The predicted molar refractivity (Wildman–Crippen MR) is 76.9 cm³/mol. The van der Waals surface area contributed by atoms with Gasteiger partial charge >= 0.3 is 5.97 Å². The minimum Gasteiger partial charge on any atom is -0.466 e. The van der Waals surface area contributed by atoms with E-state index in [9.17, 15) is 14.4 Å². The highest BCUT2D eigenvalue weighted by atomic mass is 16.5. The summed E-state index contributed by atoms with van der Waals surface area (Å²) in [5.41, 5.74) is 0.426. The Morgan fingerprint density at radius 2 is 2.00 bits per heavy atom. The summed E-state index contributed by atoms with van der Waals surface area (Å²) >= 11 is 0. The Hall–Kier alpha value is -2.50. The van der Waals surface area contributed by atoms with E-state index in [1.54, 1.807) is 31.2 Å². The summed E-state index contributed by atoms with van der Waals surface area (Å²) in [6, 6.07) is 6.97. The number of nitrogens with zero attached hydrogens (tertiary/aromatic N) is 2. The molecule has 110 valence electrons. The van der Waals surface area contributed by atoms with Gasteiger partial charge in [0.1, 0.15) is 6.54 Å². The molecule has 6 nitrogen and oxygen atoms in total. The number of benzene rings is 1. The molecule has 1 heterocycles. The molecule has 0 bridgehead atoms. The van der Waals surface area contributed by atoms with Gasteiger partial charge in [-0.2, -0.15) is 5.10 Å². The maximum atomic E-state index is 11.9. The molecule has 0 radical (unpaired) electrons. The quantitative estimate of drug-likeness (QED) is 0.749. The fourth-order valence-electron chi connectivity index (χ4n) is 2.01. The van der Waals surface area contributed by atoms with Crippen molar-refractivity contribution in [2.45, 2.75) is 26.3 Å². The summed E-state index contributed by atoms with van der Waals surface area (Å²) < 4.78 is 6.25. The van der Waals surface area contributed by atoms with Crippen molar-refractivity contribution in [2.75, 3.05) is 6.61 Å². The van der Waals surface area contributed by atoms with Crippen LogP contribution in [0.3, 0.4) is 0 Å². The number of rotatable bonds is 6. The lowest BCUT2D eigenvalue weighted by Gasteiger charge is -2.08. The first kappa shape index (κ1) is 14.9. The SMILES string of the molecule is CCOC(=O)CCC(=O)Cn1ncc(=O)c2ccccc21. The summed E-state index contributed by atoms with van der Waals surface area (Å²) in [6.45, 7) is 2.05. The number of Topliss-reactive ketones (excluding diaryl/α,β-unsaturated/α-hetero) is 1. The normalized spacial score (nSPS) is 10.5. The van der Waals surface area contributed by atoms with Crippen LogP contribution in [0.4, 0.5) is 0 Å². The highest BCUT2D eigenvalue weighted by Gasteiger charge is 2.10. The number of esters is 1. The number of hydrogen-bond acceptors (Lipinski definition) is 5. The first-order chi connectivity index (χ1) is 10.1. The summed E-state index contributed by atoms with van der Waals surface area (Å²) in [4.78, 5) is 34.8. The average Bonchev–Trinajstić information content (AvgIpc) is 2.49. The van der Waals surface area contributed by atoms with Crippen LogP contribution in [0.15, 0.2) is 35.3 Å². The van der Waals surface area contributed by atoms with Gasteiger partial charge in [-0.3, -0.25) is 19.1 Å². The van der Waals surface area contributed by atoms with Gasteiger partial charge in [-0.05, 0) is 19.1 Å². The molecule has 1 aromatic heterocycles. The lowest BCUT2D eigenvalue weighted by atomic mass is 10.2. The summed E-state index contributed by atoms with van der Waals surface area (Å²) in [5, 5.41) is 4.50. The maximum Gasteiger partial charge on any atom is 0.306 e. The average molecular weight is 288 g/mol. The Labute approximate surface area is 121 Å². The highest BCUT2D eigenvalue weighted by Crippen LogP contribution is 2.08. The van der Waals surface area contributed by atoms with Crippen molar-refractivity contribution < 1.29 is 14.3 Å². The van der Waals surface area contributed by atoms with E-state index in [1.165, 1.54) is 10.9 Å². The Balaban J connectivity index is 2.10. The topological polar surface area (TPSA) is 78.3 Å². The lowest BCUT2D eigenvalue weighted by molar-refractivity contribution is -0.144. The number of para-hydroxylation sites is 1. The molecule has 0 N–H and O–H groups in total. The van der Waals surface area contributed by atoms with Crippen LogP contribution in [-0.4, -0.2) is 28.1 Å². The molecule has 0 spiro atoms. The first-order valence-electron chi connectivity index (χ1n) is 6.74. The molecule has 0 saturated heterocycles. The number of ketones is 1. The zero-order chi connectivity index (χ0) is 15.2. The minimum atomic E-state index is -0.386. The van der Waals surface area contributed by atoms with Crippen molar-refractivity contribution >= 4 is 22.7 Å². The van der Waals surface area contributed by atoms with Crippen molar-refractivity contribution in [3.63, 3.8) is 0 Å². The van der Waals surface area contributed by atoms with Crippen LogP contribution >= 0.6 is 0 Å². The third-order valence-corrected chi connectivity index (χ3v) is 3.00. The van der Waals surface area contributed by atoms with E-state index in [1.807, 2.05) is 0 Å². The zero-order valence-electron chi connectivity index (χ0n) is 11.7. The van der Waals surface area contributed by atoms with Crippen LogP contribution in [-0.2, 0) is 20.9 Å². The Morgan fingerprint density at radius 1 is 1.24 bits per heavy atom. The Bertz CT molecular complexity index is 721. The third-order valence-electron chi connectivity index (χ3n) is 3.00. The van der Waals surface area contributed by atoms with Crippen molar-refractivity contribution in [3.8, 4) is 0 Å². The van der Waals surface area contributed by atoms with Gasteiger partial charge < -0.3 is 4.74 Å². The van der Waals surface area contributed by atoms with Crippen LogP contribution < -0.4 is 5.43 Å². The zero-order valence-corrected chi connectivity index (χ0v) is 11.7. The molecule has 0 unspecified atom stereocenters. The highest BCUT2D eigenvalue weighted by molar-refractivity contribution is 5.84. The molecule has 0 atom stereocenters. The number of aromatic nitrogens is 2. The second-order valence-corrected chi connectivity index (χ2v) is 4.53. The molecular weight excluding hydrogens is 272 g/mol. The Morgan fingerprint density at radius 3 is 2.76 bits per heavy atom. The molecule has 0 fully saturated rings. The number of ether oxygens (including phenoxy) is 1. The Kier molecular flexibility index (Phi) is 4.81. The van der Waals surface area contributed by atoms with Gasteiger partial charge in [0.05, 0.1) is 24.7 Å². The van der Waals surface area contributed by atoms with E-state index in [-0.39, 0.29) is 36.6 Å². The molecule has 0 saturated carbocycles. The van der Waals surface area contributed by atoms with Crippen LogP contribution in [0, 0.1) is 0 Å². The van der Waals surface area contributed by atoms with Gasteiger partial charge in [-0.1, -0.05) is 12.1 Å². The molecular formula is C15H16N2O4. The number of carbonyl (C=O) groups excluding carboxylic acids is 2. The monoisotopic (exact) mass is 288 g/mol. The fourth-order valence-corrected chi connectivity index (χ4v) is 2.01. The van der Waals surface area contributed by atoms with Crippen molar-refractivity contribution in [1.82, 2.24) is 9.78 Å². The van der Waals surface area contributed by atoms with E-state index < -0.39 is 0 Å². The van der Waals surface area contributed by atoms with Gasteiger partial charge in [-0.15, -0.1) is 0 Å². The molecule has 1 aromatic carbocycles. The maximum absolute atomic E-state index is 11.9. The van der Waals surface area contributed by atoms with E-state index >= 15 is 0 Å². The molecule has 0 aliphatic heterocycles. The van der Waals surface area contributed by atoms with E-state index in [4.69, 9.17) is 4.74 Å². The number of hydrogen-bond donors (Lipinski definition) is 0. The standard InChI is InChI=1S/C15H16N2O4/c1-2-21-15(20)8-7-11(18)10-17-13-6-4-3-5-12(13)14(19)9-16-17/h3-6,9H,2,7-8,10H2,1H3. The third kappa shape index (κ3) is 3.75. The smallest absolute Gasteiger partial charge is 0.306 e. The molecule has 0 aliphatic carbocycles. The van der Waals surface area contributed by atoms with Gasteiger partial charge in [0.2, 0.25) is 5.43 Å². The fraction of sp³-hybridized carbons (Fsp3) is 0.333. The molecule has 0 aliphatic rings. The molecule has 0 amide bonds. The lowest BCUT2D eigenvalue weighted by Crippen LogP contribution is -2.18. The van der Waals surface area contributed by atoms with Gasteiger partial charge in [0.15, 0.2) is 5.78 Å². The minimum absolute atomic E-state index is 0.0280. The predicted octanol–water partition coefficient (Wildman–Crippen LogP) is 1.31. The van der Waals surface area contributed by atoms with Gasteiger partial charge in [0.25, 0.3) is 0 Å². The van der Waals surface area contributed by atoms with Gasteiger partial charge in [0, 0.05) is 11.8 Å². The summed E-state index contributed by atoms with van der Waals surface area (Å²) in [5.74, 6) is -0.520. The summed E-state index contributed by atoms with van der Waals surface area (Å²) in [6.07, 6.45) is 1.35.